The lowest BCUT2D eigenvalue weighted by Crippen LogP contribution is -2.67. The number of nitrogens with zero attached hydrogens (tertiary/aromatic N) is 1. The largest absolute Gasteiger partial charge is 0.573 e. The third kappa shape index (κ3) is 6.84. The fourth-order valence-corrected chi connectivity index (χ4v) is 12.2. The van der Waals surface area contributed by atoms with Crippen molar-refractivity contribution in [2.24, 2.45) is 33.5 Å². The third-order valence-electron chi connectivity index (χ3n) is 15.3. The van der Waals surface area contributed by atoms with Crippen LogP contribution in [0.25, 0.3) is 0 Å². The molecular formula is C47H50F6N2O5. The van der Waals surface area contributed by atoms with Crippen LogP contribution in [0.1, 0.15) is 98.8 Å². The summed E-state index contributed by atoms with van der Waals surface area (Å²) in [5, 5.41) is 27.2. The van der Waals surface area contributed by atoms with Crippen LogP contribution in [-0.4, -0.2) is 51.5 Å². The molecule has 320 valence electrons. The lowest BCUT2D eigenvalue weighted by atomic mass is 9.32. The number of hydrogen-bond acceptors (Lipinski definition) is 5. The van der Waals surface area contributed by atoms with E-state index in [2.05, 4.69) is 29.1 Å². The Labute approximate surface area is 345 Å². The standard InChI is InChI=1S/C47H50F6N2O5/c1-29(31-8-5-4-6-9-31)54-40(58)55(27-30-12-14-35(15-13-30)60-47(51,52)53)28-44(59)21-18-38-42(44,3)20-17-37-41(2)19-16-34(56)25-43(41)22-23-45(37,38)36(26-43)39(57)32-10-7-11-33(24-32)46(48,49)50/h4-15,22-24,26,29,34,37-38,56,59H,16-21,25,27-28H2,1-3H3,(H,54,58). The van der Waals surface area contributed by atoms with Crippen LogP contribution in [0.4, 0.5) is 31.1 Å². The number of nitrogens with one attached hydrogen (secondary N) is 1. The number of urea groups is 1. The van der Waals surface area contributed by atoms with Gasteiger partial charge < -0.3 is 25.2 Å². The summed E-state index contributed by atoms with van der Waals surface area (Å²) in [4.78, 5) is 30.7. The first kappa shape index (κ1) is 42.1. The van der Waals surface area contributed by atoms with Crippen molar-refractivity contribution in [1.29, 1.82) is 0 Å². The fraction of sp³-hybridized carbons (Fsp3) is 0.489. The number of hydrogen-bond donors (Lipinski definition) is 3. The second-order valence-corrected chi connectivity index (χ2v) is 18.3. The van der Waals surface area contributed by atoms with E-state index < -0.39 is 69.7 Å². The second kappa shape index (κ2) is 14.5. The number of ketones is 1. The van der Waals surface area contributed by atoms with Gasteiger partial charge >= 0.3 is 18.6 Å². The maximum absolute atomic E-state index is 14.9. The quantitative estimate of drug-likeness (QED) is 0.113. The van der Waals surface area contributed by atoms with Gasteiger partial charge in [0.2, 0.25) is 0 Å². The van der Waals surface area contributed by atoms with Crippen molar-refractivity contribution in [2.75, 3.05) is 6.54 Å². The number of aliphatic hydroxyl groups excluding tert-OH is 1. The van der Waals surface area contributed by atoms with E-state index in [0.717, 1.165) is 17.7 Å². The number of alkyl halides is 6. The van der Waals surface area contributed by atoms with Gasteiger partial charge in [-0.25, -0.2) is 4.79 Å². The zero-order valence-electron chi connectivity index (χ0n) is 33.7. The number of carbonyl (C=O) groups is 2. The van der Waals surface area contributed by atoms with Gasteiger partial charge in [-0.2, -0.15) is 13.2 Å². The van der Waals surface area contributed by atoms with Crippen LogP contribution >= 0.6 is 0 Å². The van der Waals surface area contributed by atoms with E-state index in [4.69, 9.17) is 0 Å². The molecular weight excluding hydrogens is 787 g/mol. The molecule has 3 fully saturated rings. The predicted octanol–water partition coefficient (Wildman–Crippen LogP) is 10.4. The van der Waals surface area contributed by atoms with Crippen molar-refractivity contribution >= 4 is 11.8 Å². The topological polar surface area (TPSA) is 99.1 Å². The summed E-state index contributed by atoms with van der Waals surface area (Å²) < 4.78 is 84.9. The Bertz CT molecular complexity index is 2210. The Kier molecular flexibility index (Phi) is 10.2. The minimum Gasteiger partial charge on any atom is -0.406 e. The van der Waals surface area contributed by atoms with Gasteiger partial charge in [0.1, 0.15) is 5.75 Å². The minimum absolute atomic E-state index is 0.0571. The van der Waals surface area contributed by atoms with Crippen molar-refractivity contribution in [2.45, 2.75) is 103 Å². The first-order valence-corrected chi connectivity index (χ1v) is 20.6. The van der Waals surface area contributed by atoms with Crippen LogP contribution < -0.4 is 10.1 Å². The molecule has 0 radical (unpaired) electrons. The predicted molar refractivity (Wildman–Crippen MR) is 211 cm³/mol. The average molecular weight is 837 g/mol. The van der Waals surface area contributed by atoms with Gasteiger partial charge in [0.15, 0.2) is 5.78 Å². The number of rotatable bonds is 9. The third-order valence-corrected chi connectivity index (χ3v) is 15.3. The molecule has 9 rings (SSSR count). The molecule has 3 aromatic rings. The maximum atomic E-state index is 14.9. The first-order chi connectivity index (χ1) is 28.1. The lowest BCUT2D eigenvalue weighted by Gasteiger charge is -2.71. The Balaban J connectivity index is 1.17. The first-order valence-electron chi connectivity index (χ1n) is 20.6. The number of Topliss-reactive ketones (excluding diaryl/α,β-unsaturated/α-hetero) is 1. The van der Waals surface area contributed by atoms with E-state index in [0.29, 0.717) is 49.7 Å². The molecule has 0 aromatic heterocycles. The van der Waals surface area contributed by atoms with E-state index in [1.807, 2.05) is 50.3 Å². The van der Waals surface area contributed by atoms with Gasteiger partial charge in [0.25, 0.3) is 0 Å². The number of carbonyl (C=O) groups excluding carboxylic acids is 2. The van der Waals surface area contributed by atoms with Crippen molar-refractivity contribution in [3.05, 3.63) is 125 Å². The molecule has 3 saturated carbocycles. The van der Waals surface area contributed by atoms with Gasteiger partial charge in [-0.1, -0.05) is 86.7 Å². The van der Waals surface area contributed by atoms with Crippen LogP contribution in [0.3, 0.4) is 0 Å². The Morgan fingerprint density at radius 3 is 2.22 bits per heavy atom. The van der Waals surface area contributed by atoms with Crippen LogP contribution in [0.2, 0.25) is 0 Å². The molecule has 3 N–H and O–H groups in total. The molecule has 2 bridgehead atoms. The monoisotopic (exact) mass is 836 g/mol. The van der Waals surface area contributed by atoms with Gasteiger partial charge in [-0.3, -0.25) is 4.79 Å². The maximum Gasteiger partial charge on any atom is 0.573 e. The van der Waals surface area contributed by atoms with Gasteiger partial charge in [0.05, 0.1) is 29.9 Å². The highest BCUT2D eigenvalue weighted by atomic mass is 19.4. The normalized spacial score (nSPS) is 33.5. The van der Waals surface area contributed by atoms with Crippen LogP contribution in [0.15, 0.2) is 103 Å². The SMILES string of the molecule is CC(NC(=O)N(Cc1ccc(OC(F)(F)F)cc1)CC1(O)CCC2C34C=CC5(C=C3C(=O)c3cccc(C(F)(F)F)c3)CC(O)CCC5(C)C4CCC21C)c1ccccc1. The zero-order chi connectivity index (χ0) is 43.1. The number of fused-ring (bicyclic) bond motifs is 1. The molecule has 9 unspecified atom stereocenters. The molecule has 9 atom stereocenters. The number of ether oxygens (including phenoxy) is 1. The molecule has 3 aromatic carbocycles. The molecule has 2 spiro atoms. The smallest absolute Gasteiger partial charge is 0.406 e. The second-order valence-electron chi connectivity index (χ2n) is 18.3. The van der Waals surface area contributed by atoms with E-state index >= 15 is 0 Å². The summed E-state index contributed by atoms with van der Waals surface area (Å²) in [7, 11) is 0. The Hall–Kier alpha value is -4.62. The zero-order valence-corrected chi connectivity index (χ0v) is 33.7. The van der Waals surface area contributed by atoms with E-state index in [1.54, 1.807) is 0 Å². The number of benzene rings is 3. The molecule has 0 aliphatic heterocycles. The van der Waals surface area contributed by atoms with Crippen LogP contribution in [0, 0.1) is 33.5 Å². The van der Waals surface area contributed by atoms with Gasteiger partial charge in [-0.15, -0.1) is 13.2 Å². The minimum atomic E-state index is -4.88. The molecule has 2 amide bonds. The fourth-order valence-electron chi connectivity index (χ4n) is 12.2. The highest BCUT2D eigenvalue weighted by Gasteiger charge is 2.74. The number of aliphatic hydroxyl groups is 2. The molecule has 7 nitrogen and oxygen atoms in total. The van der Waals surface area contributed by atoms with E-state index in [1.165, 1.54) is 41.3 Å². The van der Waals surface area contributed by atoms with Crippen LogP contribution in [-0.2, 0) is 12.7 Å². The highest BCUT2D eigenvalue weighted by Crippen LogP contribution is 2.78. The summed E-state index contributed by atoms with van der Waals surface area (Å²) in [5.41, 5.74) is -3.74. The van der Waals surface area contributed by atoms with Crippen molar-refractivity contribution < 1.29 is 50.9 Å². The molecule has 0 saturated heterocycles. The number of amides is 2. The van der Waals surface area contributed by atoms with Gasteiger partial charge in [0, 0.05) is 33.9 Å². The lowest BCUT2D eigenvalue weighted by molar-refractivity contribution is -0.274. The van der Waals surface area contributed by atoms with Gasteiger partial charge in [-0.05, 0) is 105 Å². The summed E-state index contributed by atoms with van der Waals surface area (Å²) in [6.45, 7) is 5.82. The van der Waals surface area contributed by atoms with Crippen molar-refractivity contribution in [3.8, 4) is 5.75 Å². The molecule has 60 heavy (non-hydrogen) atoms. The molecule has 6 aliphatic carbocycles. The van der Waals surface area contributed by atoms with Crippen LogP contribution in [0.5, 0.6) is 5.75 Å². The number of halogens is 6. The summed E-state index contributed by atoms with van der Waals surface area (Å²) in [6, 6.07) is 18.1. The van der Waals surface area contributed by atoms with Crippen molar-refractivity contribution in [3.63, 3.8) is 0 Å². The molecule has 0 heterocycles. The highest BCUT2D eigenvalue weighted by molar-refractivity contribution is 6.10. The van der Waals surface area contributed by atoms with Crippen molar-refractivity contribution in [1.82, 2.24) is 10.2 Å². The van der Waals surface area contributed by atoms with E-state index in [9.17, 15) is 46.1 Å². The molecule has 6 aliphatic rings. The summed E-state index contributed by atoms with van der Waals surface area (Å²) in [5.74, 6) is -1.41. The number of allylic oxidation sites excluding steroid dienone is 4. The molecule has 13 heteroatoms. The Morgan fingerprint density at radius 1 is 0.867 bits per heavy atom. The Morgan fingerprint density at radius 2 is 1.53 bits per heavy atom. The summed E-state index contributed by atoms with van der Waals surface area (Å²) >= 11 is 0. The summed E-state index contributed by atoms with van der Waals surface area (Å²) in [6.07, 6.45) is -0.592. The average Bonchev–Trinajstić information content (AvgIpc) is 3.47. The van der Waals surface area contributed by atoms with E-state index in [-0.39, 0.29) is 42.3 Å².